The van der Waals surface area contributed by atoms with Crippen LogP contribution in [0.3, 0.4) is 0 Å². The molecule has 1 aliphatic heterocycles. The van der Waals surface area contributed by atoms with Gasteiger partial charge >= 0.3 is 6.09 Å². The summed E-state index contributed by atoms with van der Waals surface area (Å²) in [4.78, 5) is 47.1. The fourth-order valence-electron chi connectivity index (χ4n) is 7.76. The zero-order valence-corrected chi connectivity index (χ0v) is 34.1. The molecule has 0 radical (unpaired) electrons. The van der Waals surface area contributed by atoms with Gasteiger partial charge in [0.1, 0.15) is 23.3 Å². The lowest BCUT2D eigenvalue weighted by molar-refractivity contribution is -0.140. The number of fused-ring (bicyclic) bond motifs is 1. The molecule has 0 spiro atoms. The minimum atomic E-state index is -3.78. The Labute approximate surface area is 331 Å². The summed E-state index contributed by atoms with van der Waals surface area (Å²) < 4.78 is 45.3. The molecule has 2 aliphatic rings. The van der Waals surface area contributed by atoms with Gasteiger partial charge in [0.05, 0.1) is 18.4 Å². The van der Waals surface area contributed by atoms with E-state index in [0.29, 0.717) is 55.9 Å². The van der Waals surface area contributed by atoms with Crippen LogP contribution in [0.5, 0.6) is 0 Å². The zero-order chi connectivity index (χ0) is 40.3. The first-order valence-electron chi connectivity index (χ1n) is 20.1. The number of hydrogen-bond donors (Lipinski definition) is 3. The number of sulfonamides is 1. The topological polar surface area (TPSA) is 177 Å². The number of rotatable bonds is 19. The molecule has 3 aromatic rings. The summed E-state index contributed by atoms with van der Waals surface area (Å²) in [5.41, 5.74) is 1.43. The molecule has 1 aliphatic carbocycles. The highest BCUT2D eigenvalue weighted by Gasteiger charge is 2.44. The second-order valence-electron chi connectivity index (χ2n) is 16.5. The summed E-state index contributed by atoms with van der Waals surface area (Å²) in [5.74, 6) is -0.830. The molecule has 1 aromatic heterocycles. The van der Waals surface area contributed by atoms with Crippen LogP contribution in [-0.4, -0.2) is 90.9 Å². The van der Waals surface area contributed by atoms with Gasteiger partial charge in [0.15, 0.2) is 11.4 Å². The molecule has 1 unspecified atom stereocenters. The minimum Gasteiger partial charge on any atom is -0.444 e. The lowest BCUT2D eigenvalue weighted by Crippen LogP contribution is -2.52. The maximum Gasteiger partial charge on any atom is 0.407 e. The molecule has 14 heteroatoms. The minimum absolute atomic E-state index is 0.0859. The normalized spacial score (nSPS) is 19.8. The number of ketones is 1. The van der Waals surface area contributed by atoms with Gasteiger partial charge in [0, 0.05) is 38.5 Å². The SMILES string of the molecule is CC(C)(C)OC(=O)NCCCC[C@H](CC(=O)[C@@H]1C[C@@H](OCC2CCCCC2)CN1C(=O)[C@@H](CCc1ccccc1)NS(C)(=O)=O)C(O)c1nc2ccccc2o1. The van der Waals surface area contributed by atoms with Gasteiger partial charge in [-0.15, -0.1) is 0 Å². The highest BCUT2D eigenvalue weighted by molar-refractivity contribution is 7.88. The number of aromatic nitrogens is 1. The summed E-state index contributed by atoms with van der Waals surface area (Å²) in [6.07, 6.45) is 6.96. The smallest absolute Gasteiger partial charge is 0.407 e. The van der Waals surface area contributed by atoms with Crippen molar-refractivity contribution in [2.24, 2.45) is 11.8 Å². The number of para-hydroxylation sites is 2. The van der Waals surface area contributed by atoms with Gasteiger partial charge in [-0.05, 0) is 82.9 Å². The van der Waals surface area contributed by atoms with E-state index in [-0.39, 0.29) is 37.5 Å². The largest absolute Gasteiger partial charge is 0.444 e. The Hall–Kier alpha value is -3.85. The number of aliphatic hydroxyl groups excluding tert-OH is 1. The summed E-state index contributed by atoms with van der Waals surface area (Å²) >= 11 is 0. The lowest BCUT2D eigenvalue weighted by atomic mass is 9.88. The summed E-state index contributed by atoms with van der Waals surface area (Å²) in [6, 6.07) is 14.7. The number of nitrogens with one attached hydrogen (secondary N) is 2. The number of unbranched alkanes of at least 4 members (excludes halogenated alkanes) is 1. The van der Waals surface area contributed by atoms with Crippen LogP contribution in [0, 0.1) is 11.8 Å². The molecular formula is C42H60N4O9S. The molecule has 308 valence electrons. The van der Waals surface area contributed by atoms with Gasteiger partial charge in [-0.2, -0.15) is 0 Å². The number of hydrogen-bond acceptors (Lipinski definition) is 10. The number of ether oxygens (including phenoxy) is 2. The first-order chi connectivity index (χ1) is 26.6. The monoisotopic (exact) mass is 796 g/mol. The Morgan fingerprint density at radius 2 is 1.71 bits per heavy atom. The second-order valence-corrected chi connectivity index (χ2v) is 18.3. The number of carbonyl (C=O) groups excluding carboxylic acids is 3. The van der Waals surface area contributed by atoms with Crippen molar-refractivity contribution >= 4 is 38.9 Å². The van der Waals surface area contributed by atoms with Crippen LogP contribution >= 0.6 is 0 Å². The molecule has 3 N–H and O–H groups in total. The number of benzene rings is 2. The third-order valence-electron chi connectivity index (χ3n) is 10.6. The van der Waals surface area contributed by atoms with Crippen LogP contribution in [0.25, 0.3) is 11.1 Å². The standard InChI is InChI=1S/C42H60N4O9S/c1-42(2,3)55-41(50)43-24-14-13-19-31(38(48)39-44-33-20-11-12-21-37(33)54-39)25-36(47)35-26-32(53-28-30-17-9-6-10-18-30)27-46(35)40(49)34(45-56(4,51)52)23-22-29-15-7-5-8-16-29/h5,7-8,11-12,15-16,20-21,30-32,34-35,38,45,48H,6,9-10,13-14,17-19,22-28H2,1-4H3,(H,43,50)/t31-,32-,34-,35+,38?/m1/s1. The average Bonchev–Trinajstić information content (AvgIpc) is 3.79. The number of aryl methyl sites for hydroxylation is 1. The fourth-order valence-corrected chi connectivity index (χ4v) is 8.50. The third kappa shape index (κ3) is 13.4. The summed E-state index contributed by atoms with van der Waals surface area (Å²) in [6.45, 7) is 6.42. The van der Waals surface area contributed by atoms with Crippen molar-refractivity contribution < 1.29 is 41.8 Å². The van der Waals surface area contributed by atoms with Crippen LogP contribution in [-0.2, 0) is 35.5 Å². The van der Waals surface area contributed by atoms with Gasteiger partial charge in [0.25, 0.3) is 0 Å². The van der Waals surface area contributed by atoms with E-state index in [1.165, 1.54) is 11.3 Å². The van der Waals surface area contributed by atoms with Gasteiger partial charge in [-0.1, -0.05) is 68.1 Å². The van der Waals surface area contributed by atoms with E-state index in [1.807, 2.05) is 42.5 Å². The maximum atomic E-state index is 14.5. The van der Waals surface area contributed by atoms with Gasteiger partial charge < -0.3 is 29.2 Å². The quantitative estimate of drug-likeness (QED) is 0.118. The average molecular weight is 797 g/mol. The molecule has 2 heterocycles. The molecule has 1 saturated carbocycles. The van der Waals surface area contributed by atoms with Crippen LogP contribution in [0.2, 0.25) is 0 Å². The third-order valence-corrected chi connectivity index (χ3v) is 11.3. The molecule has 2 amide bonds. The number of aliphatic hydroxyl groups is 1. The molecule has 1 saturated heterocycles. The molecular weight excluding hydrogens is 737 g/mol. The van der Waals surface area contributed by atoms with Crippen molar-refractivity contribution in [3.8, 4) is 0 Å². The number of likely N-dealkylation sites (tertiary alicyclic amines) is 1. The van der Waals surface area contributed by atoms with Crippen molar-refractivity contribution in [1.82, 2.24) is 19.9 Å². The Morgan fingerprint density at radius 1 is 1.00 bits per heavy atom. The first-order valence-corrected chi connectivity index (χ1v) is 22.0. The first kappa shape index (κ1) is 43.3. The van der Waals surface area contributed by atoms with E-state index >= 15 is 0 Å². The Balaban J connectivity index is 1.34. The van der Waals surface area contributed by atoms with E-state index < -0.39 is 57.8 Å². The van der Waals surface area contributed by atoms with Crippen LogP contribution in [0.15, 0.2) is 59.0 Å². The number of Topliss-reactive ketones (excluding diaryl/α,β-unsaturated/α-hetero) is 1. The van der Waals surface area contributed by atoms with E-state index in [0.717, 1.165) is 37.5 Å². The number of amides is 2. The predicted octanol–water partition coefficient (Wildman–Crippen LogP) is 6.25. The van der Waals surface area contributed by atoms with Gasteiger partial charge in [-0.3, -0.25) is 9.59 Å². The van der Waals surface area contributed by atoms with E-state index in [4.69, 9.17) is 13.9 Å². The molecule has 2 fully saturated rings. The summed E-state index contributed by atoms with van der Waals surface area (Å²) in [5, 5.41) is 14.5. The van der Waals surface area contributed by atoms with Gasteiger partial charge in [-0.25, -0.2) is 22.9 Å². The fraction of sp³-hybridized carbons (Fsp3) is 0.619. The Kier molecular flexibility index (Phi) is 15.5. The maximum absolute atomic E-state index is 14.5. The van der Waals surface area contributed by atoms with Crippen molar-refractivity contribution in [1.29, 1.82) is 0 Å². The summed E-state index contributed by atoms with van der Waals surface area (Å²) in [7, 11) is -3.78. The molecule has 13 nitrogen and oxygen atoms in total. The zero-order valence-electron chi connectivity index (χ0n) is 33.3. The number of carbonyl (C=O) groups is 3. The Bertz CT molecular complexity index is 1810. The Morgan fingerprint density at radius 3 is 2.41 bits per heavy atom. The number of nitrogens with zero attached hydrogens (tertiary/aromatic N) is 2. The number of alkyl carbamates (subject to hydrolysis) is 1. The number of oxazole rings is 1. The van der Waals surface area contributed by atoms with Crippen LogP contribution in [0.4, 0.5) is 4.79 Å². The molecule has 5 rings (SSSR count). The van der Waals surface area contributed by atoms with Crippen molar-refractivity contribution in [3.05, 3.63) is 66.1 Å². The predicted molar refractivity (Wildman–Crippen MR) is 213 cm³/mol. The highest BCUT2D eigenvalue weighted by atomic mass is 32.2. The van der Waals surface area contributed by atoms with Crippen molar-refractivity contribution in [3.63, 3.8) is 0 Å². The van der Waals surface area contributed by atoms with Crippen molar-refractivity contribution in [2.75, 3.05) is 26.0 Å². The van der Waals surface area contributed by atoms with Gasteiger partial charge in [0.2, 0.25) is 21.8 Å². The van der Waals surface area contributed by atoms with E-state index in [2.05, 4.69) is 15.0 Å². The van der Waals surface area contributed by atoms with E-state index in [9.17, 15) is 27.9 Å². The lowest BCUT2D eigenvalue weighted by Gasteiger charge is -2.29. The van der Waals surface area contributed by atoms with Crippen LogP contribution < -0.4 is 10.0 Å². The molecule has 5 atom stereocenters. The molecule has 2 aromatic carbocycles. The molecule has 0 bridgehead atoms. The van der Waals surface area contributed by atoms with Crippen LogP contribution in [0.1, 0.15) is 109 Å². The second kappa shape index (κ2) is 20.0. The highest BCUT2D eigenvalue weighted by Crippen LogP contribution is 2.34. The van der Waals surface area contributed by atoms with E-state index in [1.54, 1.807) is 32.9 Å². The molecule has 56 heavy (non-hydrogen) atoms. The van der Waals surface area contributed by atoms with Crippen molar-refractivity contribution in [2.45, 2.75) is 128 Å².